The van der Waals surface area contributed by atoms with Crippen molar-refractivity contribution in [3.8, 4) is 0 Å². The molecule has 3 rings (SSSR count). The van der Waals surface area contributed by atoms with E-state index in [0.717, 1.165) is 22.0 Å². The van der Waals surface area contributed by atoms with Crippen molar-refractivity contribution >= 4 is 28.0 Å². The lowest BCUT2D eigenvalue weighted by molar-refractivity contribution is -0.114. The standard InChI is InChI=1S/C12H9N3OS/c16-10-7-14-11(9-3-1-2-5-13-9)8-4-6-17-12(8)15-10/h1-6H,7H2,(H,15,16). The van der Waals surface area contributed by atoms with Crippen molar-refractivity contribution in [3.63, 3.8) is 0 Å². The molecule has 0 aliphatic carbocycles. The first-order chi connectivity index (χ1) is 8.34. The average Bonchev–Trinajstić information content (AvgIpc) is 2.73. The van der Waals surface area contributed by atoms with Crippen LogP contribution in [0.4, 0.5) is 5.00 Å². The maximum Gasteiger partial charge on any atom is 0.246 e. The summed E-state index contributed by atoms with van der Waals surface area (Å²) in [5.41, 5.74) is 2.52. The number of hydrogen-bond acceptors (Lipinski definition) is 4. The Labute approximate surface area is 102 Å². The van der Waals surface area contributed by atoms with Gasteiger partial charge in [-0.1, -0.05) is 6.07 Å². The Morgan fingerprint density at radius 3 is 3.06 bits per heavy atom. The third kappa shape index (κ3) is 1.85. The van der Waals surface area contributed by atoms with Crippen molar-refractivity contribution in [1.29, 1.82) is 0 Å². The third-order valence-electron chi connectivity index (χ3n) is 2.46. The molecule has 2 aromatic rings. The number of aliphatic imine (C=N–C) groups is 1. The summed E-state index contributed by atoms with van der Waals surface area (Å²) in [6.07, 6.45) is 1.73. The van der Waals surface area contributed by atoms with Gasteiger partial charge in [0.05, 0.1) is 11.4 Å². The molecule has 1 aliphatic heterocycles. The zero-order valence-electron chi connectivity index (χ0n) is 8.88. The van der Waals surface area contributed by atoms with Crippen molar-refractivity contribution < 1.29 is 4.79 Å². The average molecular weight is 243 g/mol. The van der Waals surface area contributed by atoms with Crippen LogP contribution in [0.15, 0.2) is 40.8 Å². The van der Waals surface area contributed by atoms with Gasteiger partial charge >= 0.3 is 0 Å². The van der Waals surface area contributed by atoms with Crippen LogP contribution in [-0.2, 0) is 4.79 Å². The lowest BCUT2D eigenvalue weighted by Gasteiger charge is -2.03. The fourth-order valence-corrected chi connectivity index (χ4v) is 2.52. The Kier molecular flexibility index (Phi) is 2.45. The number of fused-ring (bicyclic) bond motifs is 1. The molecule has 1 N–H and O–H groups in total. The molecule has 0 aromatic carbocycles. The summed E-state index contributed by atoms with van der Waals surface area (Å²) < 4.78 is 0. The zero-order chi connectivity index (χ0) is 11.7. The van der Waals surface area contributed by atoms with Gasteiger partial charge < -0.3 is 5.32 Å². The minimum atomic E-state index is -0.0837. The normalized spacial score (nSPS) is 14.6. The quantitative estimate of drug-likeness (QED) is 0.832. The van der Waals surface area contributed by atoms with Gasteiger partial charge in [0.1, 0.15) is 11.5 Å². The number of carbonyl (C=O) groups excluding carboxylic acids is 1. The summed E-state index contributed by atoms with van der Waals surface area (Å²) in [7, 11) is 0. The fourth-order valence-electron chi connectivity index (χ4n) is 1.72. The Bertz CT molecular complexity index is 589. The molecule has 17 heavy (non-hydrogen) atoms. The molecule has 4 nitrogen and oxygen atoms in total. The Morgan fingerprint density at radius 1 is 1.29 bits per heavy atom. The molecule has 1 amide bonds. The van der Waals surface area contributed by atoms with Crippen LogP contribution < -0.4 is 5.32 Å². The van der Waals surface area contributed by atoms with Crippen LogP contribution in [0.1, 0.15) is 11.3 Å². The maximum absolute atomic E-state index is 11.5. The molecule has 0 fully saturated rings. The molecule has 0 saturated carbocycles. The molecule has 2 aromatic heterocycles. The molecule has 0 atom stereocenters. The van der Waals surface area contributed by atoms with E-state index in [4.69, 9.17) is 0 Å². The highest BCUT2D eigenvalue weighted by Crippen LogP contribution is 2.27. The van der Waals surface area contributed by atoms with Gasteiger partial charge in [0.2, 0.25) is 5.91 Å². The predicted octanol–water partition coefficient (Wildman–Crippen LogP) is 1.93. The van der Waals surface area contributed by atoms with E-state index in [9.17, 15) is 4.79 Å². The highest BCUT2D eigenvalue weighted by molar-refractivity contribution is 7.14. The van der Waals surface area contributed by atoms with E-state index in [1.165, 1.54) is 11.3 Å². The number of carbonyl (C=O) groups is 1. The zero-order valence-corrected chi connectivity index (χ0v) is 9.70. The number of hydrogen-bond donors (Lipinski definition) is 1. The first-order valence-electron chi connectivity index (χ1n) is 5.18. The van der Waals surface area contributed by atoms with Gasteiger partial charge in [-0.3, -0.25) is 14.8 Å². The van der Waals surface area contributed by atoms with E-state index in [0.29, 0.717) is 0 Å². The minimum absolute atomic E-state index is 0.0837. The highest BCUT2D eigenvalue weighted by atomic mass is 32.1. The van der Waals surface area contributed by atoms with Crippen molar-refractivity contribution in [2.24, 2.45) is 4.99 Å². The van der Waals surface area contributed by atoms with Gasteiger partial charge in [-0.2, -0.15) is 0 Å². The van der Waals surface area contributed by atoms with Crippen molar-refractivity contribution in [3.05, 3.63) is 47.1 Å². The van der Waals surface area contributed by atoms with Crippen LogP contribution >= 0.6 is 11.3 Å². The Balaban J connectivity index is 2.14. The van der Waals surface area contributed by atoms with Crippen LogP contribution in [0.2, 0.25) is 0 Å². The second-order valence-electron chi connectivity index (χ2n) is 3.59. The summed E-state index contributed by atoms with van der Waals surface area (Å²) in [5.74, 6) is -0.0837. The van der Waals surface area contributed by atoms with Crippen molar-refractivity contribution in [2.75, 3.05) is 11.9 Å². The lowest BCUT2D eigenvalue weighted by Crippen LogP contribution is -2.12. The molecule has 1 aliphatic rings. The maximum atomic E-state index is 11.5. The van der Waals surface area contributed by atoms with E-state index in [1.54, 1.807) is 6.20 Å². The second kappa shape index (κ2) is 4.10. The number of anilines is 1. The van der Waals surface area contributed by atoms with Gasteiger partial charge in [0.25, 0.3) is 0 Å². The van der Waals surface area contributed by atoms with Crippen molar-refractivity contribution in [2.45, 2.75) is 0 Å². The molecule has 0 spiro atoms. The largest absolute Gasteiger partial charge is 0.316 e. The van der Waals surface area contributed by atoms with Crippen LogP contribution in [0.25, 0.3) is 0 Å². The SMILES string of the molecule is O=C1CN=C(c2ccccn2)c2ccsc2N1. The van der Waals surface area contributed by atoms with Gasteiger partial charge in [0, 0.05) is 11.8 Å². The molecule has 0 bridgehead atoms. The number of amides is 1. The molecule has 0 unspecified atom stereocenters. The molecule has 0 saturated heterocycles. The van der Waals surface area contributed by atoms with Crippen LogP contribution in [0.3, 0.4) is 0 Å². The molecule has 84 valence electrons. The van der Waals surface area contributed by atoms with Crippen LogP contribution in [0.5, 0.6) is 0 Å². The van der Waals surface area contributed by atoms with Crippen LogP contribution in [-0.4, -0.2) is 23.1 Å². The topological polar surface area (TPSA) is 54.4 Å². The predicted molar refractivity (Wildman–Crippen MR) is 67.7 cm³/mol. The number of nitrogens with zero attached hydrogens (tertiary/aromatic N) is 2. The molecule has 0 radical (unpaired) electrons. The number of rotatable bonds is 1. The summed E-state index contributed by atoms with van der Waals surface area (Å²) in [4.78, 5) is 20.1. The lowest BCUT2D eigenvalue weighted by atomic mass is 10.1. The monoisotopic (exact) mass is 243 g/mol. The third-order valence-corrected chi connectivity index (χ3v) is 3.29. The minimum Gasteiger partial charge on any atom is -0.316 e. The van der Waals surface area contributed by atoms with E-state index in [2.05, 4.69) is 15.3 Å². The van der Waals surface area contributed by atoms with Gasteiger partial charge in [-0.05, 0) is 23.6 Å². The summed E-state index contributed by atoms with van der Waals surface area (Å²) >= 11 is 1.50. The molecular weight excluding hydrogens is 234 g/mol. The Hall–Kier alpha value is -2.01. The van der Waals surface area contributed by atoms with E-state index in [1.807, 2.05) is 29.6 Å². The first-order valence-corrected chi connectivity index (χ1v) is 6.06. The summed E-state index contributed by atoms with van der Waals surface area (Å²) in [6.45, 7) is 0.146. The van der Waals surface area contributed by atoms with Gasteiger partial charge in [-0.15, -0.1) is 11.3 Å². The fraction of sp³-hybridized carbons (Fsp3) is 0.0833. The smallest absolute Gasteiger partial charge is 0.246 e. The first kappa shape index (κ1) is 10.2. The van der Waals surface area contributed by atoms with Crippen LogP contribution in [0, 0.1) is 0 Å². The van der Waals surface area contributed by atoms with Gasteiger partial charge in [0.15, 0.2) is 0 Å². The second-order valence-corrected chi connectivity index (χ2v) is 4.51. The van der Waals surface area contributed by atoms with Crippen molar-refractivity contribution in [1.82, 2.24) is 4.98 Å². The number of nitrogens with one attached hydrogen (secondary N) is 1. The number of thiophene rings is 1. The van der Waals surface area contributed by atoms with E-state index >= 15 is 0 Å². The Morgan fingerprint density at radius 2 is 2.24 bits per heavy atom. The summed E-state index contributed by atoms with van der Waals surface area (Å²) in [5, 5.41) is 5.62. The van der Waals surface area contributed by atoms with Gasteiger partial charge in [-0.25, -0.2) is 0 Å². The molecule has 3 heterocycles. The van der Waals surface area contributed by atoms with E-state index < -0.39 is 0 Å². The highest BCUT2D eigenvalue weighted by Gasteiger charge is 2.19. The molecule has 5 heteroatoms. The number of aromatic nitrogens is 1. The number of pyridine rings is 1. The van der Waals surface area contributed by atoms with E-state index in [-0.39, 0.29) is 12.5 Å². The summed E-state index contributed by atoms with van der Waals surface area (Å²) in [6, 6.07) is 7.63. The molecular formula is C12H9N3OS.